The van der Waals surface area contributed by atoms with Crippen molar-refractivity contribution in [3.05, 3.63) is 0 Å². The number of hydrogen-bond acceptors (Lipinski definition) is 4. The second kappa shape index (κ2) is 5.77. The third-order valence-corrected chi connectivity index (χ3v) is 8.44. The van der Waals surface area contributed by atoms with Gasteiger partial charge in [-0.1, -0.05) is 0 Å². The lowest BCUT2D eigenvalue weighted by Crippen LogP contribution is -2.63. The Kier molecular flexibility index (Phi) is 4.17. The summed E-state index contributed by atoms with van der Waals surface area (Å²) in [6.45, 7) is 0. The lowest BCUT2D eigenvalue weighted by atomic mass is 9.70. The third-order valence-electron chi connectivity index (χ3n) is 7.31. The van der Waals surface area contributed by atoms with Crippen LogP contribution in [0.15, 0.2) is 0 Å². The van der Waals surface area contributed by atoms with Crippen LogP contribution in [0.4, 0.5) is 26.3 Å². The van der Waals surface area contributed by atoms with Crippen molar-refractivity contribution in [3.8, 4) is 0 Å². The highest BCUT2D eigenvalue weighted by atomic mass is 32.2. The summed E-state index contributed by atoms with van der Waals surface area (Å²) < 4.78 is 115. The van der Waals surface area contributed by atoms with E-state index in [9.17, 15) is 39.6 Å². The number of ether oxygens (including phenoxy) is 1. The molecule has 12 heteroatoms. The predicted molar refractivity (Wildman–Crippen MR) is 80.3 cm³/mol. The van der Waals surface area contributed by atoms with Gasteiger partial charge in [-0.25, -0.2) is 9.18 Å². The molecular formula is C16H18F6O5S. The SMILES string of the molecule is O=C(OC1CC2CC1C1C3CCC(C3)C21)C(F)(C(F)(F)C(F)(F)F)S(=O)(=O)O. The summed E-state index contributed by atoms with van der Waals surface area (Å²) in [6.07, 6.45) is -4.10. The molecule has 160 valence electrons. The van der Waals surface area contributed by atoms with Gasteiger partial charge in [0.25, 0.3) is 0 Å². The smallest absolute Gasteiger partial charge is 0.458 e. The fourth-order valence-electron chi connectivity index (χ4n) is 6.43. The van der Waals surface area contributed by atoms with E-state index in [0.29, 0.717) is 24.2 Å². The van der Waals surface area contributed by atoms with Crippen molar-refractivity contribution in [2.24, 2.45) is 35.5 Å². The Hall–Kier alpha value is -1.04. The molecule has 0 aliphatic heterocycles. The fraction of sp³-hybridized carbons (Fsp3) is 0.938. The molecule has 0 saturated heterocycles. The second-order valence-corrected chi connectivity index (χ2v) is 9.98. The molecule has 4 rings (SSSR count). The van der Waals surface area contributed by atoms with Crippen LogP contribution in [-0.4, -0.2) is 42.1 Å². The minimum atomic E-state index is -6.80. The van der Waals surface area contributed by atoms with E-state index >= 15 is 0 Å². The van der Waals surface area contributed by atoms with Crippen LogP contribution in [0.25, 0.3) is 0 Å². The van der Waals surface area contributed by atoms with Gasteiger partial charge in [-0.3, -0.25) is 4.55 Å². The number of carbonyl (C=O) groups is 1. The molecule has 5 nitrogen and oxygen atoms in total. The molecule has 0 amide bonds. The molecule has 0 heterocycles. The molecule has 4 aliphatic rings. The molecule has 4 aliphatic carbocycles. The highest BCUT2D eigenvalue weighted by molar-refractivity contribution is 7.88. The summed E-state index contributed by atoms with van der Waals surface area (Å²) >= 11 is 0. The number of fused-ring (bicyclic) bond motifs is 9. The first kappa shape index (κ1) is 20.2. The topological polar surface area (TPSA) is 80.7 Å². The Morgan fingerprint density at radius 3 is 2.00 bits per heavy atom. The molecule has 4 fully saturated rings. The Labute approximate surface area is 156 Å². The van der Waals surface area contributed by atoms with E-state index in [2.05, 4.69) is 4.74 Å². The van der Waals surface area contributed by atoms with Crippen LogP contribution < -0.4 is 0 Å². The lowest BCUT2D eigenvalue weighted by molar-refractivity contribution is -0.311. The average molecular weight is 436 g/mol. The van der Waals surface area contributed by atoms with Crippen molar-refractivity contribution in [1.29, 1.82) is 0 Å². The monoisotopic (exact) mass is 436 g/mol. The maximum Gasteiger partial charge on any atom is 0.458 e. The van der Waals surface area contributed by atoms with Crippen LogP contribution in [0.3, 0.4) is 0 Å². The molecule has 0 spiro atoms. The molecule has 0 aromatic carbocycles. The average Bonchev–Trinajstić information content (AvgIpc) is 3.30. The van der Waals surface area contributed by atoms with Crippen molar-refractivity contribution in [3.63, 3.8) is 0 Å². The molecule has 4 saturated carbocycles. The summed E-state index contributed by atoms with van der Waals surface area (Å²) in [7, 11) is -6.80. The minimum Gasteiger partial charge on any atom is -0.459 e. The maximum absolute atomic E-state index is 14.5. The zero-order valence-electron chi connectivity index (χ0n) is 14.3. The van der Waals surface area contributed by atoms with Crippen molar-refractivity contribution in [2.45, 2.75) is 55.3 Å². The minimum absolute atomic E-state index is 0.0889. The highest BCUT2D eigenvalue weighted by Gasteiger charge is 2.82. The number of esters is 1. The summed E-state index contributed by atoms with van der Waals surface area (Å²) in [5.41, 5.74) is 0. The fourth-order valence-corrected chi connectivity index (χ4v) is 7.13. The standard InChI is InChI=1S/C16H18F6O5S/c17-14(28(24,25)26,15(18,19)16(20,21)22)13(23)27-10-5-8-4-9(10)12-7-2-1-6(3-7)11(8)12/h6-12H,1-5H2,(H,24,25,26). The van der Waals surface area contributed by atoms with Gasteiger partial charge in [0.15, 0.2) is 0 Å². The number of rotatable bonds is 4. The molecule has 0 radical (unpaired) electrons. The summed E-state index contributed by atoms with van der Waals surface area (Å²) in [6, 6.07) is 0. The first-order chi connectivity index (χ1) is 12.7. The van der Waals surface area contributed by atoms with Crippen LogP contribution >= 0.6 is 0 Å². The van der Waals surface area contributed by atoms with E-state index < -0.39 is 39.3 Å². The van der Waals surface area contributed by atoms with Crippen molar-refractivity contribution >= 4 is 16.1 Å². The van der Waals surface area contributed by atoms with E-state index in [1.165, 1.54) is 0 Å². The lowest BCUT2D eigenvalue weighted by Gasteiger charge is -2.39. The Morgan fingerprint density at radius 2 is 1.46 bits per heavy atom. The molecule has 4 bridgehead atoms. The van der Waals surface area contributed by atoms with Crippen LogP contribution in [0.5, 0.6) is 0 Å². The van der Waals surface area contributed by atoms with Gasteiger partial charge in [0, 0.05) is 0 Å². The number of alkyl halides is 6. The van der Waals surface area contributed by atoms with E-state index in [0.717, 1.165) is 19.3 Å². The second-order valence-electron chi connectivity index (χ2n) is 8.47. The van der Waals surface area contributed by atoms with Crippen LogP contribution in [0, 0.1) is 35.5 Å². The molecule has 28 heavy (non-hydrogen) atoms. The van der Waals surface area contributed by atoms with E-state index in [4.69, 9.17) is 4.55 Å². The number of hydrogen-bond donors (Lipinski definition) is 1. The molecule has 8 unspecified atom stereocenters. The van der Waals surface area contributed by atoms with E-state index in [1.807, 2.05) is 0 Å². The Balaban J connectivity index is 1.59. The van der Waals surface area contributed by atoms with Crippen molar-refractivity contribution < 1.29 is 48.8 Å². The summed E-state index contributed by atoms with van der Waals surface area (Å²) in [4.78, 5) is 12.0. The van der Waals surface area contributed by atoms with Crippen LogP contribution in [0.1, 0.15) is 32.1 Å². The maximum atomic E-state index is 14.5. The van der Waals surface area contributed by atoms with Crippen LogP contribution in [0.2, 0.25) is 0 Å². The van der Waals surface area contributed by atoms with Gasteiger partial charge in [-0.05, 0) is 67.6 Å². The van der Waals surface area contributed by atoms with E-state index in [-0.39, 0.29) is 24.2 Å². The van der Waals surface area contributed by atoms with Gasteiger partial charge in [0.2, 0.25) is 0 Å². The number of halogens is 6. The third kappa shape index (κ3) is 2.42. The van der Waals surface area contributed by atoms with Gasteiger partial charge in [0.05, 0.1) is 0 Å². The number of carbonyl (C=O) groups excluding carboxylic acids is 1. The van der Waals surface area contributed by atoms with Gasteiger partial charge in [0.1, 0.15) is 6.10 Å². The van der Waals surface area contributed by atoms with Gasteiger partial charge < -0.3 is 4.74 Å². The Morgan fingerprint density at radius 1 is 0.893 bits per heavy atom. The first-order valence-electron chi connectivity index (χ1n) is 9.01. The van der Waals surface area contributed by atoms with Gasteiger partial charge >= 0.3 is 33.2 Å². The molecule has 0 aromatic rings. The summed E-state index contributed by atoms with van der Waals surface area (Å²) in [5, 5.41) is -5.96. The normalized spacial score (nSPS) is 41.8. The van der Waals surface area contributed by atoms with Crippen LogP contribution in [-0.2, 0) is 19.6 Å². The quantitative estimate of drug-likeness (QED) is 0.317. The summed E-state index contributed by atoms with van der Waals surface area (Å²) in [5.74, 6) is -8.46. The molecule has 1 N–H and O–H groups in total. The Bertz CT molecular complexity index is 798. The molecular weight excluding hydrogens is 418 g/mol. The largest absolute Gasteiger partial charge is 0.459 e. The van der Waals surface area contributed by atoms with Crippen molar-refractivity contribution in [1.82, 2.24) is 0 Å². The highest BCUT2D eigenvalue weighted by Crippen LogP contribution is 2.68. The van der Waals surface area contributed by atoms with Gasteiger partial charge in [-0.15, -0.1) is 0 Å². The first-order valence-corrected chi connectivity index (χ1v) is 10.5. The zero-order chi connectivity index (χ0) is 20.9. The predicted octanol–water partition coefficient (Wildman–Crippen LogP) is 3.35. The molecule has 8 atom stereocenters. The van der Waals surface area contributed by atoms with E-state index in [1.54, 1.807) is 0 Å². The van der Waals surface area contributed by atoms with Crippen molar-refractivity contribution in [2.75, 3.05) is 0 Å². The molecule has 0 aromatic heterocycles. The zero-order valence-corrected chi connectivity index (χ0v) is 15.1. The van der Waals surface area contributed by atoms with Gasteiger partial charge in [-0.2, -0.15) is 30.4 Å².